The van der Waals surface area contributed by atoms with Crippen molar-refractivity contribution in [2.75, 3.05) is 18.2 Å². The van der Waals surface area contributed by atoms with Gasteiger partial charge in [-0.15, -0.1) is 0 Å². The molecule has 0 atom stereocenters. The number of aromatic nitrogens is 1. The van der Waals surface area contributed by atoms with Crippen LogP contribution in [-0.2, 0) is 9.84 Å². The number of hydrogen-bond acceptors (Lipinski definition) is 5. The second-order valence-electron chi connectivity index (χ2n) is 4.95. The van der Waals surface area contributed by atoms with Crippen molar-refractivity contribution < 1.29 is 13.2 Å². The fraction of sp³-hybridized carbons (Fsp3) is 0.200. The van der Waals surface area contributed by atoms with E-state index in [1.807, 2.05) is 6.07 Å². The number of aryl methyl sites for hydroxylation is 1. The average molecular weight is 339 g/mol. The van der Waals surface area contributed by atoms with Gasteiger partial charge in [0.2, 0.25) is 0 Å². The number of pyridine rings is 1. The molecule has 0 fully saturated rings. The van der Waals surface area contributed by atoms with E-state index in [1.165, 1.54) is 6.07 Å². The third-order valence-electron chi connectivity index (χ3n) is 3.31. The molecule has 1 aromatic carbocycles. The van der Waals surface area contributed by atoms with Gasteiger partial charge in [0.15, 0.2) is 9.84 Å². The average Bonchev–Trinajstić information content (AvgIpc) is 2.45. The van der Waals surface area contributed by atoms with Crippen LogP contribution in [0.3, 0.4) is 0 Å². The summed E-state index contributed by atoms with van der Waals surface area (Å²) >= 11 is 5.52. The molecule has 0 spiro atoms. The predicted molar refractivity (Wildman–Crippen MR) is 86.8 cm³/mol. The van der Waals surface area contributed by atoms with Crippen LogP contribution in [0.15, 0.2) is 41.6 Å². The predicted octanol–water partition coefficient (Wildman–Crippen LogP) is 2.94. The first-order chi connectivity index (χ1) is 10.2. The van der Waals surface area contributed by atoms with Crippen LogP contribution in [0.1, 0.15) is 15.9 Å². The quantitative estimate of drug-likeness (QED) is 0.802. The van der Waals surface area contributed by atoms with E-state index in [0.717, 1.165) is 11.9 Å². The van der Waals surface area contributed by atoms with Gasteiger partial charge in [0.05, 0.1) is 22.5 Å². The normalized spacial score (nSPS) is 11.3. The molecule has 0 saturated heterocycles. The van der Waals surface area contributed by atoms with Crippen molar-refractivity contribution in [3.05, 3.63) is 47.8 Å². The molecule has 22 heavy (non-hydrogen) atoms. The lowest BCUT2D eigenvalue weighted by atomic mass is 10.1. The fourth-order valence-electron chi connectivity index (χ4n) is 2.13. The van der Waals surface area contributed by atoms with Gasteiger partial charge in [0, 0.05) is 25.1 Å². The molecular formula is C15H15ClN2O3S. The minimum absolute atomic E-state index is 0.0495. The number of hydrogen-bond donors (Lipinski definition) is 0. The van der Waals surface area contributed by atoms with Gasteiger partial charge in [-0.1, -0.05) is 0 Å². The Morgan fingerprint density at radius 1 is 1.32 bits per heavy atom. The molecule has 116 valence electrons. The highest BCUT2D eigenvalue weighted by Gasteiger charge is 2.21. The van der Waals surface area contributed by atoms with Crippen LogP contribution in [0.4, 0.5) is 11.4 Å². The van der Waals surface area contributed by atoms with Crippen LogP contribution in [0, 0.1) is 6.92 Å². The van der Waals surface area contributed by atoms with Crippen molar-refractivity contribution in [1.29, 1.82) is 0 Å². The Labute approximate surface area is 134 Å². The van der Waals surface area contributed by atoms with Gasteiger partial charge < -0.3 is 4.90 Å². The number of sulfone groups is 1. The van der Waals surface area contributed by atoms with E-state index in [1.54, 1.807) is 43.4 Å². The Balaban J connectivity index is 2.70. The van der Waals surface area contributed by atoms with E-state index < -0.39 is 15.1 Å². The maximum Gasteiger partial charge on any atom is 0.252 e. The Bertz CT molecular complexity index is 820. The van der Waals surface area contributed by atoms with Gasteiger partial charge in [-0.3, -0.25) is 9.78 Å². The molecule has 1 aromatic heterocycles. The third kappa shape index (κ3) is 3.28. The number of nitrogens with zero attached hydrogens (tertiary/aromatic N) is 2. The Hall–Kier alpha value is -1.92. The van der Waals surface area contributed by atoms with Crippen LogP contribution >= 0.6 is 11.6 Å². The molecule has 0 N–H and O–H groups in total. The zero-order valence-electron chi connectivity index (χ0n) is 12.4. The number of rotatable bonds is 4. The van der Waals surface area contributed by atoms with Gasteiger partial charge in [0.1, 0.15) is 0 Å². The van der Waals surface area contributed by atoms with Crippen LogP contribution in [0.2, 0.25) is 0 Å². The summed E-state index contributed by atoms with van der Waals surface area (Å²) in [6.07, 6.45) is 4.36. The molecule has 1 heterocycles. The first kappa shape index (κ1) is 16.5. The third-order valence-corrected chi connectivity index (χ3v) is 4.64. The van der Waals surface area contributed by atoms with Crippen molar-refractivity contribution in [3.63, 3.8) is 0 Å². The van der Waals surface area contributed by atoms with Crippen molar-refractivity contribution in [2.45, 2.75) is 11.8 Å². The number of carbonyl (C=O) groups excluding carboxylic acids is 1. The minimum Gasteiger partial charge on any atom is -0.342 e. The number of anilines is 2. The van der Waals surface area contributed by atoms with Gasteiger partial charge in [-0.25, -0.2) is 8.42 Å². The monoisotopic (exact) mass is 338 g/mol. The van der Waals surface area contributed by atoms with Crippen molar-refractivity contribution in [2.24, 2.45) is 0 Å². The van der Waals surface area contributed by atoms with Crippen LogP contribution in [0.25, 0.3) is 0 Å². The summed E-state index contributed by atoms with van der Waals surface area (Å²) in [5.74, 6) is 0. The Morgan fingerprint density at radius 3 is 2.50 bits per heavy atom. The minimum atomic E-state index is -3.53. The molecule has 0 unspecified atom stereocenters. The maximum absolute atomic E-state index is 12.1. The second-order valence-corrected chi connectivity index (χ2v) is 7.28. The first-order valence-corrected chi connectivity index (χ1v) is 8.67. The molecular weight excluding hydrogens is 324 g/mol. The van der Waals surface area contributed by atoms with Gasteiger partial charge in [-0.2, -0.15) is 0 Å². The molecule has 5 nitrogen and oxygen atoms in total. The molecule has 7 heteroatoms. The van der Waals surface area contributed by atoms with E-state index >= 15 is 0 Å². The molecule has 0 radical (unpaired) electrons. The van der Waals surface area contributed by atoms with E-state index in [0.29, 0.717) is 11.3 Å². The summed E-state index contributed by atoms with van der Waals surface area (Å²) in [6.45, 7) is 1.71. The summed E-state index contributed by atoms with van der Waals surface area (Å²) < 4.78 is 24.2. The summed E-state index contributed by atoms with van der Waals surface area (Å²) in [5, 5.41) is -0.682. The topological polar surface area (TPSA) is 67.3 Å². The fourth-order valence-corrected chi connectivity index (χ4v) is 3.25. The largest absolute Gasteiger partial charge is 0.342 e. The standard InChI is InChI=1S/C15H15ClN2O3S/c1-10-7-13(18(2)11-5-4-6-17-9-11)14(22(3,20)21)8-12(10)15(16)19/h4-9H,1-3H3. The van der Waals surface area contributed by atoms with Gasteiger partial charge in [-0.05, 0) is 48.4 Å². The first-order valence-electron chi connectivity index (χ1n) is 6.40. The lowest BCUT2D eigenvalue weighted by Gasteiger charge is -2.23. The van der Waals surface area contributed by atoms with E-state index in [-0.39, 0.29) is 10.5 Å². The summed E-state index contributed by atoms with van der Waals surface area (Å²) in [6, 6.07) is 6.53. The smallest absolute Gasteiger partial charge is 0.252 e. The van der Waals surface area contributed by atoms with E-state index in [9.17, 15) is 13.2 Å². The number of carbonyl (C=O) groups is 1. The van der Waals surface area contributed by atoms with Crippen molar-refractivity contribution in [1.82, 2.24) is 4.98 Å². The number of halogens is 1. The van der Waals surface area contributed by atoms with Gasteiger partial charge in [0.25, 0.3) is 5.24 Å². The summed E-state index contributed by atoms with van der Waals surface area (Å²) in [5.41, 5.74) is 2.00. The van der Waals surface area contributed by atoms with Crippen LogP contribution in [-0.4, -0.2) is 31.9 Å². The molecule has 0 amide bonds. The zero-order valence-corrected chi connectivity index (χ0v) is 13.9. The highest BCUT2D eigenvalue weighted by Crippen LogP contribution is 2.32. The van der Waals surface area contributed by atoms with Crippen LogP contribution in [0.5, 0.6) is 0 Å². The molecule has 2 aromatic rings. The number of benzene rings is 1. The lowest BCUT2D eigenvalue weighted by molar-refractivity contribution is 0.108. The summed E-state index contributed by atoms with van der Waals surface area (Å²) in [7, 11) is -1.79. The molecule has 0 aliphatic heterocycles. The van der Waals surface area contributed by atoms with Crippen molar-refractivity contribution in [3.8, 4) is 0 Å². The Kier molecular flexibility index (Phi) is 4.53. The molecule has 2 rings (SSSR count). The molecule has 0 aliphatic carbocycles. The lowest BCUT2D eigenvalue weighted by Crippen LogP contribution is -2.15. The van der Waals surface area contributed by atoms with Crippen LogP contribution < -0.4 is 4.90 Å². The van der Waals surface area contributed by atoms with E-state index in [4.69, 9.17) is 11.6 Å². The molecule has 0 saturated carbocycles. The highest BCUT2D eigenvalue weighted by molar-refractivity contribution is 7.90. The zero-order chi connectivity index (χ0) is 16.5. The van der Waals surface area contributed by atoms with E-state index in [2.05, 4.69) is 4.98 Å². The Morgan fingerprint density at radius 2 is 2.00 bits per heavy atom. The SMILES string of the molecule is Cc1cc(N(C)c2cccnc2)c(S(C)(=O)=O)cc1C(=O)Cl. The molecule has 0 bridgehead atoms. The second kappa shape index (κ2) is 6.06. The van der Waals surface area contributed by atoms with Gasteiger partial charge >= 0.3 is 0 Å². The van der Waals surface area contributed by atoms with Crippen molar-refractivity contribution >= 4 is 38.1 Å². The highest BCUT2D eigenvalue weighted by atomic mass is 35.5. The maximum atomic E-state index is 12.1. The summed E-state index contributed by atoms with van der Waals surface area (Å²) in [4.78, 5) is 17.2. The molecule has 0 aliphatic rings.